The summed E-state index contributed by atoms with van der Waals surface area (Å²) in [7, 11) is 4.04. The number of carbonyl (C=O) groups is 1. The highest BCUT2D eigenvalue weighted by Gasteiger charge is 2.39. The molecule has 0 aromatic heterocycles. The highest BCUT2D eigenvalue weighted by atomic mass is 35.5. The molecule has 174 valence electrons. The van der Waals surface area contributed by atoms with Gasteiger partial charge in [0.05, 0.1) is 13.0 Å². The van der Waals surface area contributed by atoms with Crippen LogP contribution in [0.4, 0.5) is 0 Å². The second kappa shape index (κ2) is 11.5. The van der Waals surface area contributed by atoms with Gasteiger partial charge in [0.2, 0.25) is 5.91 Å². The maximum atomic E-state index is 11.8. The standard InChI is InChI=1S/C24H32ClN3O4/c1-27(2)9-11-30-21-7-3-5-19(13-21)16-28-10-12-32-24(17-28,15-23(26)29)18-31-22-8-4-6-20(25)14-22/h3-8,13-14H,9-12,15-18H2,1-2H3,(H2,26,29)/t24-/m1/s1. The fraction of sp³-hybridized carbons (Fsp3) is 0.458. The number of nitrogens with two attached hydrogens (primary N) is 1. The number of nitrogens with zero attached hydrogens (tertiary/aromatic N) is 2. The number of primary amides is 1. The molecule has 0 saturated carbocycles. The zero-order valence-electron chi connectivity index (χ0n) is 18.8. The van der Waals surface area contributed by atoms with E-state index in [-0.39, 0.29) is 13.0 Å². The summed E-state index contributed by atoms with van der Waals surface area (Å²) in [5.41, 5.74) is 5.88. The van der Waals surface area contributed by atoms with E-state index in [2.05, 4.69) is 21.9 Å². The van der Waals surface area contributed by atoms with Crippen LogP contribution in [0, 0.1) is 0 Å². The Morgan fingerprint density at radius 2 is 1.94 bits per heavy atom. The molecule has 1 saturated heterocycles. The molecule has 1 fully saturated rings. The molecule has 3 rings (SSSR count). The van der Waals surface area contributed by atoms with Gasteiger partial charge in [-0.3, -0.25) is 9.69 Å². The third-order valence-electron chi connectivity index (χ3n) is 5.23. The van der Waals surface area contributed by atoms with Crippen molar-refractivity contribution >= 4 is 17.5 Å². The van der Waals surface area contributed by atoms with Crippen LogP contribution in [0.5, 0.6) is 11.5 Å². The zero-order valence-corrected chi connectivity index (χ0v) is 19.5. The van der Waals surface area contributed by atoms with Crippen molar-refractivity contribution in [2.45, 2.75) is 18.6 Å². The Labute approximate surface area is 195 Å². The molecule has 8 heteroatoms. The van der Waals surface area contributed by atoms with E-state index in [1.807, 2.05) is 38.4 Å². The van der Waals surface area contributed by atoms with E-state index >= 15 is 0 Å². The minimum Gasteiger partial charge on any atom is -0.492 e. The Bertz CT molecular complexity index is 895. The van der Waals surface area contributed by atoms with Gasteiger partial charge in [0.1, 0.15) is 30.3 Å². The maximum Gasteiger partial charge on any atom is 0.220 e. The lowest BCUT2D eigenvalue weighted by Crippen LogP contribution is -2.56. The molecule has 0 bridgehead atoms. The molecule has 2 aromatic rings. The summed E-state index contributed by atoms with van der Waals surface area (Å²) in [6.45, 7) is 4.19. The molecule has 2 aromatic carbocycles. The third kappa shape index (κ3) is 7.67. The largest absolute Gasteiger partial charge is 0.492 e. The van der Waals surface area contributed by atoms with Crippen LogP contribution >= 0.6 is 11.6 Å². The van der Waals surface area contributed by atoms with Gasteiger partial charge in [0.15, 0.2) is 0 Å². The molecule has 1 aliphatic heterocycles. The molecular formula is C24H32ClN3O4. The van der Waals surface area contributed by atoms with E-state index in [9.17, 15) is 4.79 Å². The minimum absolute atomic E-state index is 0.0811. The SMILES string of the molecule is CN(C)CCOc1cccc(CN2CCO[C@](COc3cccc(Cl)c3)(CC(N)=O)C2)c1. The molecule has 0 aliphatic carbocycles. The van der Waals surface area contributed by atoms with Crippen LogP contribution < -0.4 is 15.2 Å². The smallest absolute Gasteiger partial charge is 0.220 e. The van der Waals surface area contributed by atoms with Crippen molar-refractivity contribution in [3.63, 3.8) is 0 Å². The first-order valence-electron chi connectivity index (χ1n) is 10.7. The van der Waals surface area contributed by atoms with E-state index in [0.717, 1.165) is 24.4 Å². The van der Waals surface area contributed by atoms with Gasteiger partial charge in [0.25, 0.3) is 0 Å². The van der Waals surface area contributed by atoms with Gasteiger partial charge in [-0.25, -0.2) is 0 Å². The van der Waals surface area contributed by atoms with Crippen LogP contribution in [0.3, 0.4) is 0 Å². The molecule has 7 nitrogen and oxygen atoms in total. The molecule has 32 heavy (non-hydrogen) atoms. The first-order valence-corrected chi connectivity index (χ1v) is 11.1. The van der Waals surface area contributed by atoms with E-state index < -0.39 is 11.5 Å². The Hall–Kier alpha value is -2.32. The molecule has 1 heterocycles. The number of benzene rings is 2. The number of ether oxygens (including phenoxy) is 3. The highest BCUT2D eigenvalue weighted by Crippen LogP contribution is 2.26. The molecule has 2 N–H and O–H groups in total. The summed E-state index contributed by atoms with van der Waals surface area (Å²) in [5.74, 6) is 1.06. The number of rotatable bonds is 11. The fourth-order valence-corrected chi connectivity index (χ4v) is 3.91. The molecule has 1 atom stereocenters. The van der Waals surface area contributed by atoms with Crippen molar-refractivity contribution in [1.29, 1.82) is 0 Å². The van der Waals surface area contributed by atoms with E-state index in [1.54, 1.807) is 12.1 Å². The monoisotopic (exact) mass is 461 g/mol. The highest BCUT2D eigenvalue weighted by molar-refractivity contribution is 6.30. The Morgan fingerprint density at radius 3 is 2.66 bits per heavy atom. The lowest BCUT2D eigenvalue weighted by molar-refractivity contribution is -0.148. The normalized spacial score (nSPS) is 19.1. The molecule has 0 spiro atoms. The van der Waals surface area contributed by atoms with Crippen molar-refractivity contribution in [3.8, 4) is 11.5 Å². The summed E-state index contributed by atoms with van der Waals surface area (Å²) in [4.78, 5) is 16.2. The van der Waals surface area contributed by atoms with Gasteiger partial charge in [-0.15, -0.1) is 0 Å². The van der Waals surface area contributed by atoms with Crippen molar-refractivity contribution in [3.05, 3.63) is 59.1 Å². The number of amides is 1. The number of hydrogen-bond acceptors (Lipinski definition) is 6. The predicted molar refractivity (Wildman–Crippen MR) is 125 cm³/mol. The van der Waals surface area contributed by atoms with Crippen LogP contribution in [-0.2, 0) is 16.1 Å². The summed E-state index contributed by atoms with van der Waals surface area (Å²) in [6.07, 6.45) is 0.0811. The van der Waals surface area contributed by atoms with Crippen LogP contribution in [0.1, 0.15) is 12.0 Å². The number of halogens is 1. The summed E-state index contributed by atoms with van der Waals surface area (Å²) >= 11 is 6.05. The molecule has 1 aliphatic rings. The molecular weight excluding hydrogens is 430 g/mol. The van der Waals surface area contributed by atoms with E-state index in [1.165, 1.54) is 0 Å². The predicted octanol–water partition coefficient (Wildman–Crippen LogP) is 2.81. The Morgan fingerprint density at radius 1 is 1.19 bits per heavy atom. The number of morpholine rings is 1. The maximum absolute atomic E-state index is 11.8. The first-order chi connectivity index (χ1) is 15.3. The fourth-order valence-electron chi connectivity index (χ4n) is 3.73. The van der Waals surface area contributed by atoms with E-state index in [0.29, 0.717) is 37.1 Å². The van der Waals surface area contributed by atoms with Crippen LogP contribution in [0.15, 0.2) is 48.5 Å². The topological polar surface area (TPSA) is 77.3 Å². The van der Waals surface area contributed by atoms with Gasteiger partial charge >= 0.3 is 0 Å². The number of likely N-dealkylation sites (N-methyl/N-ethyl adjacent to an activating group) is 1. The average Bonchev–Trinajstić information content (AvgIpc) is 2.72. The van der Waals surface area contributed by atoms with Crippen LogP contribution in [0.25, 0.3) is 0 Å². The molecule has 0 radical (unpaired) electrons. The second-order valence-corrected chi connectivity index (χ2v) is 8.87. The van der Waals surface area contributed by atoms with E-state index in [4.69, 9.17) is 31.5 Å². The van der Waals surface area contributed by atoms with Crippen molar-refractivity contribution in [2.24, 2.45) is 5.73 Å². The second-order valence-electron chi connectivity index (χ2n) is 8.43. The van der Waals surface area contributed by atoms with Gasteiger partial charge in [0, 0.05) is 31.2 Å². The summed E-state index contributed by atoms with van der Waals surface area (Å²) < 4.78 is 17.9. The lowest BCUT2D eigenvalue weighted by atomic mass is 9.97. The van der Waals surface area contributed by atoms with Crippen LogP contribution in [-0.4, -0.2) is 74.9 Å². The van der Waals surface area contributed by atoms with Crippen molar-refractivity contribution in [1.82, 2.24) is 9.80 Å². The van der Waals surface area contributed by atoms with Gasteiger partial charge < -0.3 is 24.8 Å². The lowest BCUT2D eigenvalue weighted by Gasteiger charge is -2.42. The first kappa shape index (κ1) is 24.3. The zero-order chi connectivity index (χ0) is 23.0. The summed E-state index contributed by atoms with van der Waals surface area (Å²) in [6, 6.07) is 15.3. The minimum atomic E-state index is -0.813. The Balaban J connectivity index is 1.64. The third-order valence-corrected chi connectivity index (χ3v) is 5.47. The number of carbonyl (C=O) groups excluding carboxylic acids is 1. The number of hydrogen-bond donors (Lipinski definition) is 1. The van der Waals surface area contributed by atoms with Crippen molar-refractivity contribution < 1.29 is 19.0 Å². The molecule has 1 amide bonds. The van der Waals surface area contributed by atoms with Crippen molar-refractivity contribution in [2.75, 3.05) is 53.6 Å². The van der Waals surface area contributed by atoms with Gasteiger partial charge in [-0.1, -0.05) is 29.8 Å². The average molecular weight is 462 g/mol. The quantitative estimate of drug-likeness (QED) is 0.554. The Kier molecular flexibility index (Phi) is 8.75. The molecule has 0 unspecified atom stereocenters. The van der Waals surface area contributed by atoms with Gasteiger partial charge in [-0.2, -0.15) is 0 Å². The summed E-state index contributed by atoms with van der Waals surface area (Å²) in [5, 5.41) is 0.588. The van der Waals surface area contributed by atoms with Gasteiger partial charge in [-0.05, 0) is 50.0 Å². The van der Waals surface area contributed by atoms with Crippen LogP contribution in [0.2, 0.25) is 5.02 Å².